The predicted molar refractivity (Wildman–Crippen MR) is 103 cm³/mol. The third-order valence-electron chi connectivity index (χ3n) is 4.76. The molecule has 0 spiro atoms. The van der Waals surface area contributed by atoms with Crippen molar-refractivity contribution in [2.75, 3.05) is 5.32 Å². The minimum Gasteiger partial charge on any atom is -0.475 e. The average Bonchev–Trinajstić information content (AvgIpc) is 2.99. The lowest BCUT2D eigenvalue weighted by molar-refractivity contribution is -0.192. The lowest BCUT2D eigenvalue weighted by Crippen LogP contribution is -2.43. The number of nitrogens with one attached hydrogen (secondary N) is 2. The zero-order chi connectivity index (χ0) is 22.3. The van der Waals surface area contributed by atoms with Gasteiger partial charge in [-0.1, -0.05) is 43.2 Å². The molecule has 1 heterocycles. The maximum atomic E-state index is 12.3. The number of aliphatic carboxylic acids is 1. The van der Waals surface area contributed by atoms with Gasteiger partial charge in [0.2, 0.25) is 5.95 Å². The number of amides is 2. The van der Waals surface area contributed by atoms with Crippen molar-refractivity contribution in [1.82, 2.24) is 20.1 Å². The number of halogens is 3. The molecule has 0 bridgehead atoms. The fourth-order valence-electron chi connectivity index (χ4n) is 3.22. The Kier molecular flexibility index (Phi) is 7.79. The van der Waals surface area contributed by atoms with Gasteiger partial charge in [0.25, 0.3) is 0 Å². The van der Waals surface area contributed by atoms with Crippen molar-refractivity contribution >= 4 is 17.9 Å². The number of hydrogen-bond donors (Lipinski definition) is 3. The van der Waals surface area contributed by atoms with Gasteiger partial charge in [-0.05, 0) is 25.3 Å². The summed E-state index contributed by atoms with van der Waals surface area (Å²) >= 11 is 0. The van der Waals surface area contributed by atoms with Crippen molar-refractivity contribution in [2.24, 2.45) is 7.05 Å². The van der Waals surface area contributed by atoms with Crippen LogP contribution in [0.4, 0.5) is 23.9 Å². The van der Waals surface area contributed by atoms with Crippen LogP contribution in [0.5, 0.6) is 0 Å². The first-order valence-electron chi connectivity index (χ1n) is 9.38. The van der Waals surface area contributed by atoms with E-state index in [-0.39, 0.29) is 12.1 Å². The van der Waals surface area contributed by atoms with Crippen LogP contribution in [0.1, 0.15) is 43.0 Å². The molecule has 1 aromatic carbocycles. The highest BCUT2D eigenvalue weighted by Crippen LogP contribution is 2.33. The molecule has 8 nitrogen and oxygen atoms in total. The van der Waals surface area contributed by atoms with Gasteiger partial charge in [0, 0.05) is 19.0 Å². The Morgan fingerprint density at radius 2 is 1.77 bits per heavy atom. The van der Waals surface area contributed by atoms with Gasteiger partial charge < -0.3 is 10.4 Å². The molecule has 30 heavy (non-hydrogen) atoms. The summed E-state index contributed by atoms with van der Waals surface area (Å²) in [5.74, 6) is -1.28. The first kappa shape index (κ1) is 23.2. The molecule has 1 aromatic heterocycles. The molecule has 1 fully saturated rings. The lowest BCUT2D eigenvalue weighted by atomic mass is 9.80. The number of aryl methyl sites for hydroxylation is 2. The second-order valence-corrected chi connectivity index (χ2v) is 6.92. The Morgan fingerprint density at radius 3 is 2.30 bits per heavy atom. The van der Waals surface area contributed by atoms with Gasteiger partial charge in [-0.2, -0.15) is 18.2 Å². The summed E-state index contributed by atoms with van der Waals surface area (Å²) in [5, 5.41) is 17.1. The molecular weight excluding hydrogens is 403 g/mol. The van der Waals surface area contributed by atoms with E-state index < -0.39 is 12.1 Å². The van der Waals surface area contributed by atoms with Crippen LogP contribution in [-0.4, -0.2) is 44.1 Å². The summed E-state index contributed by atoms with van der Waals surface area (Å²) in [7, 11) is 1.80. The number of alkyl halides is 3. The minimum atomic E-state index is -5.08. The van der Waals surface area contributed by atoms with Gasteiger partial charge in [-0.25, -0.2) is 9.59 Å². The average molecular weight is 427 g/mol. The summed E-state index contributed by atoms with van der Waals surface area (Å²) in [6.07, 6.45) is -0.618. The van der Waals surface area contributed by atoms with E-state index in [0.717, 1.165) is 25.1 Å². The molecule has 0 aliphatic heterocycles. The molecule has 1 aliphatic rings. The number of carboxylic acid groups (broad SMARTS) is 1. The molecule has 0 radical (unpaired) electrons. The standard InChI is InChI=1S/C17H23N5O.C2HF3O2/c1-12-18-16(21-22(12)2)20-17(23)19-15-11-7-6-10-14(15)13-8-4-3-5-9-13;3-2(4,5)1(6)7/h3-5,8-9,14-15H,6-7,10-11H2,1-2H3,(H2,19,20,21,23);(H,6,7)/t14-,15+;/m0./s1. The van der Waals surface area contributed by atoms with Crippen molar-refractivity contribution in [3.8, 4) is 0 Å². The smallest absolute Gasteiger partial charge is 0.475 e. The zero-order valence-corrected chi connectivity index (χ0v) is 16.6. The third kappa shape index (κ3) is 6.75. The summed E-state index contributed by atoms with van der Waals surface area (Å²) in [4.78, 5) is 25.4. The van der Waals surface area contributed by atoms with Gasteiger partial charge in [-0.15, -0.1) is 5.10 Å². The Bertz CT molecular complexity index is 835. The molecule has 2 amide bonds. The van der Waals surface area contributed by atoms with E-state index in [1.807, 2.05) is 13.0 Å². The molecule has 3 N–H and O–H groups in total. The van der Waals surface area contributed by atoms with E-state index in [4.69, 9.17) is 9.90 Å². The topological polar surface area (TPSA) is 109 Å². The lowest BCUT2D eigenvalue weighted by Gasteiger charge is -2.32. The highest BCUT2D eigenvalue weighted by molar-refractivity contribution is 5.87. The van der Waals surface area contributed by atoms with Gasteiger partial charge in [0.15, 0.2) is 0 Å². The van der Waals surface area contributed by atoms with Crippen molar-refractivity contribution in [3.63, 3.8) is 0 Å². The number of anilines is 1. The Balaban J connectivity index is 0.000000396. The highest BCUT2D eigenvalue weighted by Gasteiger charge is 2.38. The quantitative estimate of drug-likeness (QED) is 0.693. The third-order valence-corrected chi connectivity index (χ3v) is 4.76. The monoisotopic (exact) mass is 427 g/mol. The second-order valence-electron chi connectivity index (χ2n) is 6.92. The van der Waals surface area contributed by atoms with E-state index in [1.54, 1.807) is 11.7 Å². The zero-order valence-electron chi connectivity index (χ0n) is 16.6. The van der Waals surface area contributed by atoms with Crippen molar-refractivity contribution < 1.29 is 27.9 Å². The van der Waals surface area contributed by atoms with Crippen LogP contribution in [0.3, 0.4) is 0 Å². The minimum absolute atomic E-state index is 0.149. The Labute approximate surface area is 171 Å². The van der Waals surface area contributed by atoms with E-state index in [1.165, 1.54) is 12.0 Å². The number of carbonyl (C=O) groups excluding carboxylic acids is 1. The second kappa shape index (κ2) is 10.1. The first-order valence-corrected chi connectivity index (χ1v) is 9.38. The van der Waals surface area contributed by atoms with Gasteiger partial charge >= 0.3 is 18.2 Å². The molecule has 2 aromatic rings. The SMILES string of the molecule is Cc1nc(NC(=O)N[C@@H]2CCCC[C@H]2c2ccccc2)nn1C.O=C(O)C(F)(F)F. The van der Waals surface area contributed by atoms with Crippen molar-refractivity contribution in [3.05, 3.63) is 41.7 Å². The fourth-order valence-corrected chi connectivity index (χ4v) is 3.22. The van der Waals surface area contributed by atoms with E-state index >= 15 is 0 Å². The summed E-state index contributed by atoms with van der Waals surface area (Å²) < 4.78 is 33.4. The number of carbonyl (C=O) groups is 2. The van der Waals surface area contributed by atoms with E-state index in [2.05, 4.69) is 45.0 Å². The molecule has 0 unspecified atom stereocenters. The molecule has 1 aliphatic carbocycles. The van der Waals surface area contributed by atoms with Crippen molar-refractivity contribution in [1.29, 1.82) is 0 Å². The predicted octanol–water partition coefficient (Wildman–Crippen LogP) is 3.60. The van der Waals surface area contributed by atoms with Crippen LogP contribution in [0.2, 0.25) is 0 Å². The summed E-state index contributed by atoms with van der Waals surface area (Å²) in [6, 6.07) is 10.3. The van der Waals surface area contributed by atoms with E-state index in [0.29, 0.717) is 11.9 Å². The molecule has 0 saturated heterocycles. The van der Waals surface area contributed by atoms with E-state index in [9.17, 15) is 18.0 Å². The fraction of sp³-hybridized carbons (Fsp3) is 0.474. The van der Waals surface area contributed by atoms with Crippen LogP contribution < -0.4 is 10.6 Å². The number of urea groups is 1. The van der Waals surface area contributed by atoms with Crippen LogP contribution in [-0.2, 0) is 11.8 Å². The molecule has 164 valence electrons. The number of hydrogen-bond acceptors (Lipinski definition) is 4. The largest absolute Gasteiger partial charge is 0.490 e. The number of rotatable bonds is 3. The van der Waals surface area contributed by atoms with Crippen LogP contribution in [0.15, 0.2) is 30.3 Å². The van der Waals surface area contributed by atoms with Crippen LogP contribution in [0.25, 0.3) is 0 Å². The maximum Gasteiger partial charge on any atom is 0.490 e. The number of aromatic nitrogens is 3. The van der Waals surface area contributed by atoms with Crippen molar-refractivity contribution in [2.45, 2.75) is 50.7 Å². The molecule has 2 atom stereocenters. The van der Waals surface area contributed by atoms with Gasteiger partial charge in [0.1, 0.15) is 5.82 Å². The molecular formula is C19H24F3N5O3. The number of carboxylic acids is 1. The summed E-state index contributed by atoms with van der Waals surface area (Å²) in [6.45, 7) is 1.85. The molecule has 3 rings (SSSR count). The number of benzene rings is 1. The normalized spacial score (nSPS) is 18.7. The molecule has 11 heteroatoms. The maximum absolute atomic E-state index is 12.3. The highest BCUT2D eigenvalue weighted by atomic mass is 19.4. The first-order chi connectivity index (χ1) is 14.1. The summed E-state index contributed by atoms with van der Waals surface area (Å²) in [5.41, 5.74) is 1.30. The van der Waals surface area contributed by atoms with Crippen LogP contribution >= 0.6 is 0 Å². The van der Waals surface area contributed by atoms with Gasteiger partial charge in [-0.3, -0.25) is 10.00 Å². The Hall–Kier alpha value is -3.11. The number of nitrogens with zero attached hydrogens (tertiary/aromatic N) is 3. The van der Waals surface area contributed by atoms with Crippen LogP contribution in [0, 0.1) is 6.92 Å². The Morgan fingerprint density at radius 1 is 1.17 bits per heavy atom. The molecule has 1 saturated carbocycles. The van der Waals surface area contributed by atoms with Gasteiger partial charge in [0.05, 0.1) is 0 Å².